The third kappa shape index (κ3) is 2.84. The number of aliphatic hydroxyl groups is 1. The van der Waals surface area contributed by atoms with Crippen molar-refractivity contribution in [2.45, 2.75) is 0 Å². The lowest BCUT2D eigenvalue weighted by Gasteiger charge is -2.03. The van der Waals surface area contributed by atoms with Gasteiger partial charge in [-0.15, -0.1) is 0 Å². The molecule has 0 atom stereocenters. The molecule has 110 valence electrons. The molecule has 3 aromatic rings. The van der Waals surface area contributed by atoms with Crippen LogP contribution in [0.3, 0.4) is 0 Å². The summed E-state index contributed by atoms with van der Waals surface area (Å²) in [5, 5.41) is 10.9. The van der Waals surface area contributed by atoms with E-state index in [1.165, 1.54) is 12.1 Å². The average Bonchev–Trinajstić information content (AvgIpc) is 2.48. The average molecular weight is 334 g/mol. The Labute approximate surface area is 135 Å². The van der Waals surface area contributed by atoms with E-state index in [0.29, 0.717) is 21.1 Å². The van der Waals surface area contributed by atoms with Crippen molar-refractivity contribution in [2.75, 3.05) is 0 Å². The zero-order valence-corrected chi connectivity index (χ0v) is 12.6. The Bertz CT molecular complexity index is 948. The molecular formula is C16H9Cl2NO3. The van der Waals surface area contributed by atoms with Gasteiger partial charge in [-0.25, -0.2) is 9.78 Å². The first-order chi connectivity index (χ1) is 10.5. The van der Waals surface area contributed by atoms with Crippen molar-refractivity contribution in [2.24, 2.45) is 0 Å². The summed E-state index contributed by atoms with van der Waals surface area (Å²) in [6.07, 6.45) is 1.22. The van der Waals surface area contributed by atoms with Gasteiger partial charge in [-0.1, -0.05) is 35.3 Å². The van der Waals surface area contributed by atoms with E-state index in [0.717, 1.165) is 0 Å². The first-order valence-electron chi connectivity index (χ1n) is 6.30. The Balaban J connectivity index is 2.12. The summed E-state index contributed by atoms with van der Waals surface area (Å²) >= 11 is 11.8. The summed E-state index contributed by atoms with van der Waals surface area (Å²) < 4.78 is 5.15. The van der Waals surface area contributed by atoms with E-state index in [9.17, 15) is 9.90 Å². The summed E-state index contributed by atoms with van der Waals surface area (Å²) in [6, 6.07) is 11.5. The molecule has 1 aromatic heterocycles. The van der Waals surface area contributed by atoms with E-state index in [2.05, 4.69) is 4.98 Å². The van der Waals surface area contributed by atoms with Gasteiger partial charge in [-0.05, 0) is 24.3 Å². The fourth-order valence-electron chi connectivity index (χ4n) is 1.96. The molecule has 0 aliphatic heterocycles. The maximum Gasteiger partial charge on any atom is 0.362 e. The predicted octanol–water partition coefficient (Wildman–Crippen LogP) is 4.55. The number of aromatic nitrogens is 1. The number of nitrogens with zero attached hydrogens (tertiary/aromatic N) is 1. The molecule has 0 unspecified atom stereocenters. The van der Waals surface area contributed by atoms with Gasteiger partial charge in [0.15, 0.2) is 11.3 Å². The van der Waals surface area contributed by atoms with Crippen molar-refractivity contribution in [1.82, 2.24) is 4.98 Å². The minimum Gasteiger partial charge on any atom is -0.507 e. The second-order valence-corrected chi connectivity index (χ2v) is 5.35. The fraction of sp³-hybridized carbons (Fsp3) is 0. The molecular weight excluding hydrogens is 325 g/mol. The van der Waals surface area contributed by atoms with Crippen molar-refractivity contribution in [1.29, 1.82) is 0 Å². The number of hydrogen-bond donors (Lipinski definition) is 1. The summed E-state index contributed by atoms with van der Waals surface area (Å²) in [7, 11) is 0. The van der Waals surface area contributed by atoms with Gasteiger partial charge in [0.05, 0.1) is 5.02 Å². The molecule has 0 amide bonds. The van der Waals surface area contributed by atoms with Gasteiger partial charge in [0.1, 0.15) is 11.3 Å². The fourth-order valence-corrected chi connectivity index (χ4v) is 2.35. The van der Waals surface area contributed by atoms with Crippen molar-refractivity contribution in [3.63, 3.8) is 0 Å². The molecule has 0 aliphatic rings. The van der Waals surface area contributed by atoms with Crippen LogP contribution in [-0.4, -0.2) is 10.1 Å². The van der Waals surface area contributed by atoms with Crippen molar-refractivity contribution >= 4 is 46.1 Å². The number of benzene rings is 2. The van der Waals surface area contributed by atoms with Crippen LogP contribution in [0, 0.1) is 0 Å². The summed E-state index contributed by atoms with van der Waals surface area (Å²) in [6.45, 7) is 0. The SMILES string of the molecule is O=c1oc2cc(Cl)ccc2nc1/C=C(\O)c1ccccc1Cl. The lowest BCUT2D eigenvalue weighted by molar-refractivity contribution is 0.514. The normalized spacial score (nSPS) is 11.8. The second-order valence-electron chi connectivity index (χ2n) is 4.51. The van der Waals surface area contributed by atoms with E-state index in [4.69, 9.17) is 27.6 Å². The molecule has 4 nitrogen and oxygen atoms in total. The summed E-state index contributed by atoms with van der Waals surface area (Å²) in [5.41, 5.74) is 0.455. The van der Waals surface area contributed by atoms with Crippen LogP contribution < -0.4 is 5.63 Å². The molecule has 0 radical (unpaired) electrons. The lowest BCUT2D eigenvalue weighted by Crippen LogP contribution is -2.06. The maximum absolute atomic E-state index is 11.9. The highest BCUT2D eigenvalue weighted by Crippen LogP contribution is 2.23. The first-order valence-corrected chi connectivity index (χ1v) is 7.06. The van der Waals surface area contributed by atoms with Crippen LogP contribution in [-0.2, 0) is 0 Å². The maximum atomic E-state index is 11.9. The van der Waals surface area contributed by atoms with E-state index < -0.39 is 5.63 Å². The number of halogens is 2. The van der Waals surface area contributed by atoms with Gasteiger partial charge < -0.3 is 9.52 Å². The summed E-state index contributed by atoms with van der Waals surface area (Å²) in [4.78, 5) is 16.1. The van der Waals surface area contributed by atoms with Crippen molar-refractivity contribution in [3.8, 4) is 0 Å². The molecule has 0 fully saturated rings. The highest BCUT2D eigenvalue weighted by Gasteiger charge is 2.09. The van der Waals surface area contributed by atoms with Crippen LogP contribution >= 0.6 is 23.2 Å². The highest BCUT2D eigenvalue weighted by molar-refractivity contribution is 6.32. The zero-order chi connectivity index (χ0) is 15.7. The Kier molecular flexibility index (Phi) is 3.88. The van der Waals surface area contributed by atoms with E-state index in [1.807, 2.05) is 0 Å². The number of aliphatic hydroxyl groups excluding tert-OH is 1. The number of hydrogen-bond acceptors (Lipinski definition) is 4. The third-order valence-electron chi connectivity index (χ3n) is 3.00. The largest absolute Gasteiger partial charge is 0.507 e. The van der Waals surface area contributed by atoms with Crippen molar-refractivity contribution < 1.29 is 9.52 Å². The van der Waals surface area contributed by atoms with Gasteiger partial charge in [-0.3, -0.25) is 0 Å². The van der Waals surface area contributed by atoms with Crippen LogP contribution in [0.25, 0.3) is 22.9 Å². The molecule has 22 heavy (non-hydrogen) atoms. The minimum absolute atomic E-state index is 0.0211. The van der Waals surface area contributed by atoms with Crippen LogP contribution in [0.4, 0.5) is 0 Å². The highest BCUT2D eigenvalue weighted by atomic mass is 35.5. The smallest absolute Gasteiger partial charge is 0.362 e. The number of rotatable bonds is 2. The topological polar surface area (TPSA) is 63.3 Å². The molecule has 6 heteroatoms. The Hall–Kier alpha value is -2.30. The zero-order valence-electron chi connectivity index (χ0n) is 11.1. The minimum atomic E-state index is -0.673. The van der Waals surface area contributed by atoms with Gasteiger partial charge in [0.25, 0.3) is 0 Å². The van der Waals surface area contributed by atoms with Gasteiger partial charge in [0, 0.05) is 22.7 Å². The third-order valence-corrected chi connectivity index (χ3v) is 3.56. The standard InChI is InChI=1S/C16H9Cl2NO3/c17-9-5-6-12-15(7-9)22-16(21)13(19-12)8-14(20)10-3-1-2-4-11(10)18/h1-8,20H/b14-8-. The van der Waals surface area contributed by atoms with Crippen LogP contribution in [0.15, 0.2) is 51.7 Å². The molecule has 0 bridgehead atoms. The molecule has 1 N–H and O–H groups in total. The number of fused-ring (bicyclic) bond motifs is 1. The van der Waals surface area contributed by atoms with Gasteiger partial charge in [-0.2, -0.15) is 0 Å². The Morgan fingerprint density at radius 2 is 1.95 bits per heavy atom. The molecule has 0 spiro atoms. The van der Waals surface area contributed by atoms with E-state index in [1.54, 1.807) is 36.4 Å². The first kappa shape index (κ1) is 14.6. The molecule has 0 saturated carbocycles. The van der Waals surface area contributed by atoms with E-state index >= 15 is 0 Å². The Morgan fingerprint density at radius 1 is 1.18 bits per heavy atom. The van der Waals surface area contributed by atoms with Gasteiger partial charge in [0.2, 0.25) is 0 Å². The van der Waals surface area contributed by atoms with E-state index in [-0.39, 0.29) is 17.0 Å². The second kappa shape index (κ2) is 5.83. The van der Waals surface area contributed by atoms with Crippen LogP contribution in [0.1, 0.15) is 11.3 Å². The molecule has 2 aromatic carbocycles. The molecule has 3 rings (SSSR count). The molecule has 1 heterocycles. The van der Waals surface area contributed by atoms with Crippen LogP contribution in [0.2, 0.25) is 10.0 Å². The lowest BCUT2D eigenvalue weighted by atomic mass is 10.1. The monoisotopic (exact) mass is 333 g/mol. The summed E-state index contributed by atoms with van der Waals surface area (Å²) in [5.74, 6) is -0.168. The Morgan fingerprint density at radius 3 is 2.73 bits per heavy atom. The molecule has 0 saturated heterocycles. The predicted molar refractivity (Wildman–Crippen MR) is 87.2 cm³/mol. The molecule has 0 aliphatic carbocycles. The quantitative estimate of drug-likeness (QED) is 0.698. The van der Waals surface area contributed by atoms with Crippen molar-refractivity contribution in [3.05, 3.63) is 74.2 Å². The van der Waals surface area contributed by atoms with Gasteiger partial charge >= 0.3 is 5.63 Å². The van der Waals surface area contributed by atoms with Crippen LogP contribution in [0.5, 0.6) is 0 Å².